The van der Waals surface area contributed by atoms with E-state index in [1.807, 2.05) is 4.90 Å². The molecule has 106 valence electrons. The Morgan fingerprint density at radius 3 is 2.47 bits per heavy atom. The zero-order valence-electron chi connectivity index (χ0n) is 11.8. The molecule has 1 aliphatic heterocycles. The number of nitrogens with zero attached hydrogens (tertiary/aromatic N) is 2. The second-order valence-corrected chi connectivity index (χ2v) is 6.05. The zero-order chi connectivity index (χ0) is 13.7. The van der Waals surface area contributed by atoms with Crippen molar-refractivity contribution in [3.8, 4) is 0 Å². The lowest BCUT2D eigenvalue weighted by molar-refractivity contribution is 0.143. The number of urea groups is 1. The summed E-state index contributed by atoms with van der Waals surface area (Å²) in [7, 11) is 0. The second kappa shape index (κ2) is 6.91. The number of thiophene rings is 1. The van der Waals surface area contributed by atoms with Crippen LogP contribution in [-0.2, 0) is 13.0 Å². The third kappa shape index (κ3) is 3.94. The number of carbonyl (C=O) groups excluding carboxylic acids is 1. The van der Waals surface area contributed by atoms with Gasteiger partial charge in [-0.2, -0.15) is 0 Å². The van der Waals surface area contributed by atoms with Crippen molar-refractivity contribution in [2.45, 2.75) is 26.8 Å². The summed E-state index contributed by atoms with van der Waals surface area (Å²) in [5, 5.41) is 3.02. The molecule has 1 aromatic heterocycles. The highest BCUT2D eigenvalue weighted by Crippen LogP contribution is 2.16. The van der Waals surface area contributed by atoms with Gasteiger partial charge in [0.1, 0.15) is 0 Å². The molecule has 0 radical (unpaired) electrons. The Morgan fingerprint density at radius 1 is 1.21 bits per heavy atom. The number of aryl methyl sites for hydroxylation is 1. The molecule has 2 rings (SSSR count). The van der Waals surface area contributed by atoms with E-state index in [1.54, 1.807) is 11.3 Å². The topological polar surface area (TPSA) is 35.6 Å². The van der Waals surface area contributed by atoms with Gasteiger partial charge in [-0.05, 0) is 25.1 Å². The van der Waals surface area contributed by atoms with Gasteiger partial charge in [-0.1, -0.05) is 13.8 Å². The van der Waals surface area contributed by atoms with Gasteiger partial charge in [0, 0.05) is 35.9 Å². The summed E-state index contributed by atoms with van der Waals surface area (Å²) in [5.74, 6) is 0. The number of amides is 2. The maximum absolute atomic E-state index is 12.0. The number of nitrogens with one attached hydrogen (secondary N) is 1. The average molecular weight is 281 g/mol. The van der Waals surface area contributed by atoms with Crippen LogP contribution in [0.2, 0.25) is 0 Å². The molecule has 1 N–H and O–H groups in total. The van der Waals surface area contributed by atoms with E-state index in [2.05, 4.69) is 36.2 Å². The van der Waals surface area contributed by atoms with Crippen LogP contribution in [0.3, 0.4) is 0 Å². The molecule has 4 nitrogen and oxygen atoms in total. The van der Waals surface area contributed by atoms with Gasteiger partial charge in [-0.15, -0.1) is 11.3 Å². The third-order valence-corrected chi connectivity index (χ3v) is 4.82. The van der Waals surface area contributed by atoms with Gasteiger partial charge >= 0.3 is 6.03 Å². The maximum Gasteiger partial charge on any atom is 0.317 e. The van der Waals surface area contributed by atoms with Crippen molar-refractivity contribution < 1.29 is 4.79 Å². The van der Waals surface area contributed by atoms with Crippen LogP contribution in [0.5, 0.6) is 0 Å². The molecule has 2 heterocycles. The van der Waals surface area contributed by atoms with Gasteiger partial charge in [0.05, 0.1) is 6.54 Å². The van der Waals surface area contributed by atoms with Gasteiger partial charge in [0.15, 0.2) is 0 Å². The van der Waals surface area contributed by atoms with Crippen molar-refractivity contribution in [2.24, 2.45) is 0 Å². The van der Waals surface area contributed by atoms with Gasteiger partial charge in [-0.3, -0.25) is 0 Å². The molecule has 1 aliphatic rings. The van der Waals surface area contributed by atoms with Crippen LogP contribution in [0.4, 0.5) is 4.79 Å². The first-order chi connectivity index (χ1) is 9.22. The standard InChI is InChI=1S/C14H23N3OS/c1-3-12-5-6-13(19-12)11-15-14(18)17-9-7-16(4-2)8-10-17/h5-6H,3-4,7-11H2,1-2H3,(H,15,18). The molecule has 0 atom stereocenters. The molecule has 1 aromatic rings. The van der Waals surface area contributed by atoms with E-state index >= 15 is 0 Å². The molecule has 0 spiro atoms. The van der Waals surface area contributed by atoms with E-state index in [0.29, 0.717) is 6.54 Å². The van der Waals surface area contributed by atoms with Gasteiger partial charge in [-0.25, -0.2) is 4.79 Å². The summed E-state index contributed by atoms with van der Waals surface area (Å²) in [6.07, 6.45) is 1.07. The minimum Gasteiger partial charge on any atom is -0.333 e. The SMILES string of the molecule is CCc1ccc(CNC(=O)N2CCN(CC)CC2)s1. The highest BCUT2D eigenvalue weighted by atomic mass is 32.1. The summed E-state index contributed by atoms with van der Waals surface area (Å²) in [6.45, 7) is 9.70. The van der Waals surface area contributed by atoms with Gasteiger partial charge in [0.2, 0.25) is 0 Å². The minimum absolute atomic E-state index is 0.0715. The summed E-state index contributed by atoms with van der Waals surface area (Å²) in [6, 6.07) is 4.33. The Bertz CT molecular complexity index is 411. The van der Waals surface area contributed by atoms with Gasteiger partial charge in [0.25, 0.3) is 0 Å². The average Bonchev–Trinajstić information content (AvgIpc) is 2.93. The quantitative estimate of drug-likeness (QED) is 0.918. The highest BCUT2D eigenvalue weighted by Gasteiger charge is 2.19. The normalized spacial score (nSPS) is 16.6. The molecule has 1 saturated heterocycles. The van der Waals surface area contributed by atoms with Crippen LogP contribution in [0.25, 0.3) is 0 Å². The minimum atomic E-state index is 0.0715. The molecule has 0 unspecified atom stereocenters. The number of hydrogen-bond donors (Lipinski definition) is 1. The van der Waals surface area contributed by atoms with E-state index in [1.165, 1.54) is 9.75 Å². The Labute approximate surface area is 119 Å². The monoisotopic (exact) mass is 281 g/mol. The number of rotatable bonds is 4. The summed E-state index contributed by atoms with van der Waals surface area (Å²) in [4.78, 5) is 18.9. The van der Waals surface area contributed by atoms with Crippen molar-refractivity contribution in [1.29, 1.82) is 0 Å². The largest absolute Gasteiger partial charge is 0.333 e. The lowest BCUT2D eigenvalue weighted by Gasteiger charge is -2.33. The predicted octanol–water partition coefficient (Wildman–Crippen LogP) is 2.16. The van der Waals surface area contributed by atoms with Crippen LogP contribution in [0.15, 0.2) is 12.1 Å². The van der Waals surface area contributed by atoms with E-state index < -0.39 is 0 Å². The van der Waals surface area contributed by atoms with Crippen LogP contribution in [-0.4, -0.2) is 48.6 Å². The van der Waals surface area contributed by atoms with Crippen LogP contribution >= 0.6 is 11.3 Å². The number of hydrogen-bond acceptors (Lipinski definition) is 3. The Morgan fingerprint density at radius 2 is 1.89 bits per heavy atom. The summed E-state index contributed by atoms with van der Waals surface area (Å²) >= 11 is 1.78. The molecular formula is C14H23N3OS. The molecule has 0 aromatic carbocycles. The molecular weight excluding hydrogens is 258 g/mol. The van der Waals surface area contributed by atoms with E-state index in [0.717, 1.165) is 39.1 Å². The smallest absolute Gasteiger partial charge is 0.317 e. The fourth-order valence-electron chi connectivity index (χ4n) is 2.25. The van der Waals surface area contributed by atoms with Crippen molar-refractivity contribution in [3.63, 3.8) is 0 Å². The number of carbonyl (C=O) groups is 1. The Kier molecular flexibility index (Phi) is 5.22. The lowest BCUT2D eigenvalue weighted by atomic mass is 10.3. The molecule has 0 bridgehead atoms. The molecule has 0 saturated carbocycles. The van der Waals surface area contributed by atoms with E-state index in [-0.39, 0.29) is 6.03 Å². The van der Waals surface area contributed by atoms with Crippen LogP contribution < -0.4 is 5.32 Å². The maximum atomic E-state index is 12.0. The first-order valence-corrected chi connectivity index (χ1v) is 7.87. The van der Waals surface area contributed by atoms with Crippen molar-refractivity contribution in [2.75, 3.05) is 32.7 Å². The van der Waals surface area contributed by atoms with Crippen molar-refractivity contribution >= 4 is 17.4 Å². The highest BCUT2D eigenvalue weighted by molar-refractivity contribution is 7.11. The first-order valence-electron chi connectivity index (χ1n) is 7.05. The van der Waals surface area contributed by atoms with E-state index in [4.69, 9.17) is 0 Å². The van der Waals surface area contributed by atoms with Gasteiger partial charge < -0.3 is 15.1 Å². The third-order valence-electron chi connectivity index (χ3n) is 3.59. The first kappa shape index (κ1) is 14.3. The summed E-state index contributed by atoms with van der Waals surface area (Å²) < 4.78 is 0. The molecule has 5 heteroatoms. The number of piperazine rings is 1. The summed E-state index contributed by atoms with van der Waals surface area (Å²) in [5.41, 5.74) is 0. The Hall–Kier alpha value is -1.07. The van der Waals surface area contributed by atoms with Crippen LogP contribution in [0.1, 0.15) is 23.6 Å². The molecule has 2 amide bonds. The van der Waals surface area contributed by atoms with E-state index in [9.17, 15) is 4.79 Å². The molecule has 19 heavy (non-hydrogen) atoms. The fraction of sp³-hybridized carbons (Fsp3) is 0.643. The predicted molar refractivity (Wildman–Crippen MR) is 79.6 cm³/mol. The Balaban J connectivity index is 1.75. The fourth-order valence-corrected chi connectivity index (χ4v) is 3.15. The molecule has 0 aliphatic carbocycles. The molecule has 1 fully saturated rings. The lowest BCUT2D eigenvalue weighted by Crippen LogP contribution is -2.51. The van der Waals surface area contributed by atoms with Crippen LogP contribution in [0, 0.1) is 0 Å². The van der Waals surface area contributed by atoms with Crippen molar-refractivity contribution in [1.82, 2.24) is 15.1 Å². The zero-order valence-corrected chi connectivity index (χ0v) is 12.6. The number of likely N-dealkylation sites (N-methyl/N-ethyl adjacent to an activating group) is 1. The van der Waals surface area contributed by atoms with Crippen molar-refractivity contribution in [3.05, 3.63) is 21.9 Å². The second-order valence-electron chi connectivity index (χ2n) is 4.80.